The van der Waals surface area contributed by atoms with Gasteiger partial charge in [0.1, 0.15) is 10.8 Å². The normalized spacial score (nSPS) is 10.5. The van der Waals surface area contributed by atoms with Crippen molar-refractivity contribution in [2.75, 3.05) is 11.1 Å². The summed E-state index contributed by atoms with van der Waals surface area (Å²) in [5, 5.41) is 3.54. The lowest BCUT2D eigenvalue weighted by atomic mass is 10.2. The van der Waals surface area contributed by atoms with Crippen LogP contribution in [0.25, 0.3) is 11.4 Å². The number of carbonyl (C=O) groups is 1. The minimum atomic E-state index is -0.302. The molecule has 1 amide bonds. The molecule has 126 valence electrons. The van der Waals surface area contributed by atoms with Crippen LogP contribution in [0, 0.1) is 12.7 Å². The second-order valence-electron chi connectivity index (χ2n) is 5.38. The molecule has 0 atom stereocenters. The van der Waals surface area contributed by atoms with Gasteiger partial charge in [-0.15, -0.1) is 0 Å². The molecule has 2 aromatic carbocycles. The van der Waals surface area contributed by atoms with Crippen LogP contribution in [0.4, 0.5) is 10.1 Å². The topological polar surface area (TPSA) is 54.9 Å². The third-order valence-electron chi connectivity index (χ3n) is 3.34. The highest BCUT2D eigenvalue weighted by Crippen LogP contribution is 2.22. The van der Waals surface area contributed by atoms with Gasteiger partial charge in [0, 0.05) is 16.9 Å². The summed E-state index contributed by atoms with van der Waals surface area (Å²) >= 11 is 1.34. The number of nitrogens with zero attached hydrogens (tertiary/aromatic N) is 2. The van der Waals surface area contributed by atoms with E-state index in [9.17, 15) is 9.18 Å². The van der Waals surface area contributed by atoms with Gasteiger partial charge in [-0.1, -0.05) is 30.0 Å². The molecule has 0 aliphatic heterocycles. The molecule has 6 heteroatoms. The number of hydrogen-bond donors (Lipinski definition) is 1. The minimum absolute atomic E-state index is 0.101. The number of halogens is 1. The predicted octanol–water partition coefficient (Wildman–Crippen LogP) is 4.32. The SMILES string of the molecule is Cc1cc(SCC(=O)Nc2ccccc2)nc(-c2ccc(F)cc2)n1. The standard InChI is InChI=1S/C19H16FN3OS/c1-13-11-18(23-19(21-13)14-7-9-15(20)10-8-14)25-12-17(24)22-16-5-3-2-4-6-16/h2-11H,12H2,1H3,(H,22,24). The van der Waals surface area contributed by atoms with E-state index in [1.54, 1.807) is 12.1 Å². The van der Waals surface area contributed by atoms with Gasteiger partial charge in [-0.05, 0) is 49.4 Å². The summed E-state index contributed by atoms with van der Waals surface area (Å²) < 4.78 is 13.1. The third kappa shape index (κ3) is 4.87. The quantitative estimate of drug-likeness (QED) is 0.548. The Morgan fingerprint density at radius 2 is 1.80 bits per heavy atom. The second-order valence-corrected chi connectivity index (χ2v) is 6.38. The number of para-hydroxylation sites is 1. The number of aryl methyl sites for hydroxylation is 1. The van der Waals surface area contributed by atoms with Gasteiger partial charge in [-0.25, -0.2) is 14.4 Å². The molecule has 0 bridgehead atoms. The van der Waals surface area contributed by atoms with E-state index in [1.165, 1.54) is 23.9 Å². The number of nitrogens with one attached hydrogen (secondary N) is 1. The van der Waals surface area contributed by atoms with Crippen molar-refractivity contribution in [2.45, 2.75) is 11.9 Å². The van der Waals surface area contributed by atoms with Gasteiger partial charge in [-0.3, -0.25) is 4.79 Å². The fourth-order valence-corrected chi connectivity index (χ4v) is 2.96. The van der Waals surface area contributed by atoms with Crippen LogP contribution in [0.5, 0.6) is 0 Å². The molecule has 25 heavy (non-hydrogen) atoms. The van der Waals surface area contributed by atoms with Crippen LogP contribution in [0.3, 0.4) is 0 Å². The number of rotatable bonds is 5. The molecule has 1 N–H and O–H groups in total. The molecule has 1 heterocycles. The zero-order chi connectivity index (χ0) is 17.6. The van der Waals surface area contributed by atoms with Crippen molar-refractivity contribution in [1.29, 1.82) is 0 Å². The van der Waals surface area contributed by atoms with Crippen LogP contribution in [0.2, 0.25) is 0 Å². The maximum absolute atomic E-state index is 13.1. The summed E-state index contributed by atoms with van der Waals surface area (Å²) in [6.45, 7) is 1.86. The highest BCUT2D eigenvalue weighted by Gasteiger charge is 2.09. The zero-order valence-electron chi connectivity index (χ0n) is 13.6. The number of aromatic nitrogens is 2. The third-order valence-corrected chi connectivity index (χ3v) is 4.25. The fourth-order valence-electron chi connectivity index (χ4n) is 2.20. The lowest BCUT2D eigenvalue weighted by Crippen LogP contribution is -2.14. The van der Waals surface area contributed by atoms with Gasteiger partial charge < -0.3 is 5.32 Å². The van der Waals surface area contributed by atoms with Crippen LogP contribution in [0.1, 0.15) is 5.69 Å². The highest BCUT2D eigenvalue weighted by molar-refractivity contribution is 7.99. The summed E-state index contributed by atoms with van der Waals surface area (Å²) in [6, 6.07) is 17.2. The number of carbonyl (C=O) groups excluding carboxylic acids is 1. The van der Waals surface area contributed by atoms with Crippen molar-refractivity contribution in [3.05, 3.63) is 72.2 Å². The molecule has 0 fully saturated rings. The second kappa shape index (κ2) is 7.90. The van der Waals surface area contributed by atoms with Crippen molar-refractivity contribution in [1.82, 2.24) is 9.97 Å². The molecule has 3 rings (SSSR count). The maximum Gasteiger partial charge on any atom is 0.234 e. The zero-order valence-corrected chi connectivity index (χ0v) is 14.4. The first-order chi connectivity index (χ1) is 12.1. The lowest BCUT2D eigenvalue weighted by molar-refractivity contribution is -0.113. The van der Waals surface area contributed by atoms with Crippen molar-refractivity contribution in [2.24, 2.45) is 0 Å². The largest absolute Gasteiger partial charge is 0.325 e. The Kier molecular flexibility index (Phi) is 5.40. The van der Waals surface area contributed by atoms with Crippen molar-refractivity contribution in [3.63, 3.8) is 0 Å². The first-order valence-corrected chi connectivity index (χ1v) is 8.68. The summed E-state index contributed by atoms with van der Waals surface area (Å²) in [4.78, 5) is 20.9. The Bertz CT molecular complexity index is 870. The van der Waals surface area contributed by atoms with Crippen LogP contribution in [-0.4, -0.2) is 21.6 Å². The Hall–Kier alpha value is -2.73. The number of hydrogen-bond acceptors (Lipinski definition) is 4. The van der Waals surface area contributed by atoms with E-state index in [0.717, 1.165) is 16.9 Å². The number of thioether (sulfide) groups is 1. The number of anilines is 1. The molecule has 3 aromatic rings. The van der Waals surface area contributed by atoms with E-state index in [1.807, 2.05) is 43.3 Å². The monoisotopic (exact) mass is 353 g/mol. The van der Waals surface area contributed by atoms with Gasteiger partial charge in [0.2, 0.25) is 5.91 Å². The van der Waals surface area contributed by atoms with Gasteiger partial charge in [-0.2, -0.15) is 0 Å². The van der Waals surface area contributed by atoms with Gasteiger partial charge in [0.15, 0.2) is 5.82 Å². The van der Waals surface area contributed by atoms with Crippen LogP contribution in [0.15, 0.2) is 65.7 Å². The fraction of sp³-hybridized carbons (Fsp3) is 0.105. The lowest BCUT2D eigenvalue weighted by Gasteiger charge is -2.07. The Labute approximate surface area is 149 Å². The molecule has 0 saturated carbocycles. The molecule has 0 aliphatic rings. The van der Waals surface area contributed by atoms with E-state index < -0.39 is 0 Å². The highest BCUT2D eigenvalue weighted by atomic mass is 32.2. The summed E-state index contributed by atoms with van der Waals surface area (Å²) in [5.41, 5.74) is 2.29. The molecule has 0 aliphatic carbocycles. The van der Waals surface area contributed by atoms with E-state index >= 15 is 0 Å². The Balaban J connectivity index is 1.68. The molecule has 0 radical (unpaired) electrons. The molecule has 4 nitrogen and oxygen atoms in total. The van der Waals surface area contributed by atoms with Crippen molar-refractivity contribution < 1.29 is 9.18 Å². The van der Waals surface area contributed by atoms with E-state index in [-0.39, 0.29) is 17.5 Å². The summed E-state index contributed by atoms with van der Waals surface area (Å²) in [6.07, 6.45) is 0. The van der Waals surface area contributed by atoms with Crippen molar-refractivity contribution >= 4 is 23.4 Å². The number of amides is 1. The first-order valence-electron chi connectivity index (χ1n) is 7.69. The van der Waals surface area contributed by atoms with Gasteiger partial charge in [0.25, 0.3) is 0 Å². The average Bonchev–Trinajstić information content (AvgIpc) is 2.61. The summed E-state index contributed by atoms with van der Waals surface area (Å²) in [7, 11) is 0. The van der Waals surface area contributed by atoms with Gasteiger partial charge in [0.05, 0.1) is 5.75 Å². The number of benzene rings is 2. The minimum Gasteiger partial charge on any atom is -0.325 e. The average molecular weight is 353 g/mol. The smallest absolute Gasteiger partial charge is 0.234 e. The maximum atomic E-state index is 13.1. The van der Waals surface area contributed by atoms with E-state index in [2.05, 4.69) is 15.3 Å². The first kappa shape index (κ1) is 17.1. The molecular weight excluding hydrogens is 337 g/mol. The molecule has 0 unspecified atom stereocenters. The van der Waals surface area contributed by atoms with Crippen molar-refractivity contribution in [3.8, 4) is 11.4 Å². The predicted molar refractivity (Wildman–Crippen MR) is 98.0 cm³/mol. The summed E-state index contributed by atoms with van der Waals surface area (Å²) in [5.74, 6) is 0.360. The molecule has 0 spiro atoms. The Morgan fingerprint density at radius 3 is 2.52 bits per heavy atom. The van der Waals surface area contributed by atoms with Crippen LogP contribution < -0.4 is 5.32 Å². The molecule has 1 aromatic heterocycles. The Morgan fingerprint density at radius 1 is 1.08 bits per heavy atom. The van der Waals surface area contributed by atoms with E-state index in [4.69, 9.17) is 0 Å². The van der Waals surface area contributed by atoms with Gasteiger partial charge >= 0.3 is 0 Å². The van der Waals surface area contributed by atoms with Crippen LogP contribution >= 0.6 is 11.8 Å². The van der Waals surface area contributed by atoms with Crippen LogP contribution in [-0.2, 0) is 4.79 Å². The molecular formula is C19H16FN3OS. The van der Waals surface area contributed by atoms with E-state index in [0.29, 0.717) is 10.9 Å². The molecule has 0 saturated heterocycles.